The highest BCUT2D eigenvalue weighted by Gasteiger charge is 2.17. The number of carbonyl (C=O) groups excluding carboxylic acids is 1. The minimum absolute atomic E-state index is 0.241. The Balaban J connectivity index is 1.40. The summed E-state index contributed by atoms with van der Waals surface area (Å²) in [6, 6.07) is 17.2. The number of ether oxygens (including phenoxy) is 5. The van der Waals surface area contributed by atoms with E-state index in [0.717, 1.165) is 35.4 Å². The van der Waals surface area contributed by atoms with Crippen LogP contribution in [0, 0.1) is 0 Å². The van der Waals surface area contributed by atoms with Crippen LogP contribution in [0.3, 0.4) is 0 Å². The number of allylic oxidation sites excluding steroid dienone is 1. The van der Waals surface area contributed by atoms with Crippen LogP contribution in [-0.4, -0.2) is 57.0 Å². The van der Waals surface area contributed by atoms with Gasteiger partial charge in [-0.05, 0) is 55.3 Å². The first-order valence-corrected chi connectivity index (χ1v) is 13.5. The van der Waals surface area contributed by atoms with Crippen LogP contribution in [0.25, 0.3) is 17.1 Å². The van der Waals surface area contributed by atoms with Crippen molar-refractivity contribution in [3.63, 3.8) is 0 Å². The third kappa shape index (κ3) is 6.92. The molecule has 41 heavy (non-hydrogen) atoms. The Morgan fingerprint density at radius 3 is 2.32 bits per heavy atom. The summed E-state index contributed by atoms with van der Waals surface area (Å²) in [7, 11) is 6.21. The number of rotatable bonds is 14. The van der Waals surface area contributed by atoms with Gasteiger partial charge in [-0.25, -0.2) is 4.98 Å². The predicted octanol–water partition coefficient (Wildman–Crippen LogP) is 5.55. The van der Waals surface area contributed by atoms with E-state index in [1.54, 1.807) is 19.2 Å². The second-order valence-corrected chi connectivity index (χ2v) is 9.20. The van der Waals surface area contributed by atoms with Crippen molar-refractivity contribution in [3.8, 4) is 28.7 Å². The molecule has 0 radical (unpaired) electrons. The zero-order valence-corrected chi connectivity index (χ0v) is 24.2. The van der Waals surface area contributed by atoms with Crippen LogP contribution < -0.4 is 29.0 Å². The number of aromatic nitrogens is 2. The Morgan fingerprint density at radius 1 is 0.902 bits per heavy atom. The molecule has 4 aromatic rings. The summed E-state index contributed by atoms with van der Waals surface area (Å²) < 4.78 is 29.9. The molecule has 0 aliphatic carbocycles. The molecule has 4 rings (SSSR count). The standard InChI is InChI=1S/C32H37N3O6/c1-6-10-22-13-14-26(27(19-22)37-2)41-18-9-17-35-25-12-8-7-11-24(25)34-30(35)15-16-33-32(36)23-20-28(38-3)31(40-5)29(21-23)39-4/h6-8,10-14,19-21H,9,15-18H2,1-5H3,(H,33,36)/b10-6+. The second-order valence-electron chi connectivity index (χ2n) is 9.20. The molecule has 1 N–H and O–H groups in total. The number of aryl methyl sites for hydroxylation is 1. The first-order valence-electron chi connectivity index (χ1n) is 13.5. The van der Waals surface area contributed by atoms with Crippen molar-refractivity contribution in [1.82, 2.24) is 14.9 Å². The molecule has 9 nitrogen and oxygen atoms in total. The fraction of sp³-hybridized carbons (Fsp3) is 0.312. The van der Waals surface area contributed by atoms with E-state index in [-0.39, 0.29) is 5.91 Å². The van der Waals surface area contributed by atoms with Gasteiger partial charge in [-0.1, -0.05) is 30.4 Å². The highest BCUT2D eigenvalue weighted by Crippen LogP contribution is 2.38. The molecule has 0 bridgehead atoms. The predicted molar refractivity (Wildman–Crippen MR) is 160 cm³/mol. The number of fused-ring (bicyclic) bond motifs is 1. The Bertz CT molecular complexity index is 1490. The zero-order valence-electron chi connectivity index (χ0n) is 24.2. The van der Waals surface area contributed by atoms with Gasteiger partial charge < -0.3 is 33.6 Å². The summed E-state index contributed by atoms with van der Waals surface area (Å²) in [6.45, 7) is 3.62. The lowest BCUT2D eigenvalue weighted by Crippen LogP contribution is -2.26. The van der Waals surface area contributed by atoms with Crippen molar-refractivity contribution in [2.45, 2.75) is 26.3 Å². The van der Waals surface area contributed by atoms with Gasteiger partial charge in [-0.2, -0.15) is 0 Å². The van der Waals surface area contributed by atoms with E-state index < -0.39 is 0 Å². The van der Waals surface area contributed by atoms with Crippen LogP contribution in [0.1, 0.15) is 35.1 Å². The molecule has 1 amide bonds. The Kier molecular flexibility index (Phi) is 10.1. The number of hydrogen-bond acceptors (Lipinski definition) is 7. The average Bonchev–Trinajstić information content (AvgIpc) is 3.35. The molecule has 3 aromatic carbocycles. The monoisotopic (exact) mass is 559 g/mol. The van der Waals surface area contributed by atoms with Gasteiger partial charge >= 0.3 is 0 Å². The van der Waals surface area contributed by atoms with Crippen LogP contribution in [-0.2, 0) is 13.0 Å². The number of para-hydroxylation sites is 2. The van der Waals surface area contributed by atoms with Crippen LogP contribution in [0.15, 0.2) is 60.7 Å². The summed E-state index contributed by atoms with van der Waals surface area (Å²) in [4.78, 5) is 17.8. The fourth-order valence-corrected chi connectivity index (χ4v) is 4.67. The molecular formula is C32H37N3O6. The fourth-order valence-electron chi connectivity index (χ4n) is 4.67. The molecule has 0 saturated heterocycles. The SMILES string of the molecule is C/C=C/c1ccc(OCCCn2c(CCNC(=O)c3cc(OC)c(OC)c(OC)c3)nc3ccccc32)c(OC)c1. The maximum Gasteiger partial charge on any atom is 0.251 e. The van der Waals surface area contributed by atoms with Crippen molar-refractivity contribution in [2.24, 2.45) is 0 Å². The smallest absolute Gasteiger partial charge is 0.251 e. The van der Waals surface area contributed by atoms with Gasteiger partial charge in [0.1, 0.15) is 5.82 Å². The Hall–Kier alpha value is -4.66. The van der Waals surface area contributed by atoms with Crippen LogP contribution >= 0.6 is 0 Å². The van der Waals surface area contributed by atoms with Crippen LogP contribution in [0.2, 0.25) is 0 Å². The number of hydrogen-bond donors (Lipinski definition) is 1. The van der Waals surface area contributed by atoms with Crippen molar-refractivity contribution in [1.29, 1.82) is 0 Å². The van der Waals surface area contributed by atoms with Gasteiger partial charge in [0.15, 0.2) is 23.0 Å². The van der Waals surface area contributed by atoms with Gasteiger partial charge in [0.25, 0.3) is 5.91 Å². The molecule has 0 aliphatic rings. The lowest BCUT2D eigenvalue weighted by Gasteiger charge is -2.14. The molecule has 0 unspecified atom stereocenters. The first-order chi connectivity index (χ1) is 20.0. The maximum atomic E-state index is 13.0. The Labute approximate surface area is 240 Å². The maximum absolute atomic E-state index is 13.0. The van der Waals surface area contributed by atoms with E-state index in [1.807, 2.05) is 55.5 Å². The number of imidazole rings is 1. The van der Waals surface area contributed by atoms with Gasteiger partial charge in [-0.15, -0.1) is 0 Å². The van der Waals surface area contributed by atoms with E-state index in [9.17, 15) is 4.79 Å². The van der Waals surface area contributed by atoms with E-state index in [1.165, 1.54) is 21.3 Å². The average molecular weight is 560 g/mol. The van der Waals surface area contributed by atoms with E-state index in [0.29, 0.717) is 53.9 Å². The molecule has 216 valence electrons. The van der Waals surface area contributed by atoms with Gasteiger partial charge in [0, 0.05) is 25.1 Å². The van der Waals surface area contributed by atoms with Crippen molar-refractivity contribution in [2.75, 3.05) is 41.6 Å². The minimum atomic E-state index is -0.241. The summed E-state index contributed by atoms with van der Waals surface area (Å²) in [5.41, 5.74) is 3.44. The molecule has 0 spiro atoms. The third-order valence-electron chi connectivity index (χ3n) is 6.63. The van der Waals surface area contributed by atoms with Crippen molar-refractivity contribution < 1.29 is 28.5 Å². The largest absolute Gasteiger partial charge is 0.493 e. The first kappa shape index (κ1) is 29.3. The second kappa shape index (κ2) is 14.1. The van der Waals surface area contributed by atoms with E-state index >= 15 is 0 Å². The molecule has 1 heterocycles. The van der Waals surface area contributed by atoms with Crippen LogP contribution in [0.4, 0.5) is 0 Å². The number of amides is 1. The lowest BCUT2D eigenvalue weighted by atomic mass is 10.1. The summed E-state index contributed by atoms with van der Waals surface area (Å²) in [6.07, 6.45) is 5.34. The van der Waals surface area contributed by atoms with Gasteiger partial charge in [0.05, 0.1) is 46.1 Å². The summed E-state index contributed by atoms with van der Waals surface area (Å²) in [5, 5.41) is 2.99. The molecule has 9 heteroatoms. The summed E-state index contributed by atoms with van der Waals surface area (Å²) in [5.74, 6) is 3.36. The highest BCUT2D eigenvalue weighted by atomic mass is 16.5. The minimum Gasteiger partial charge on any atom is -0.493 e. The number of nitrogens with zero attached hydrogens (tertiary/aromatic N) is 2. The number of nitrogens with one attached hydrogen (secondary N) is 1. The molecule has 0 saturated carbocycles. The molecule has 0 aliphatic heterocycles. The van der Waals surface area contributed by atoms with E-state index in [4.69, 9.17) is 28.7 Å². The molecule has 1 aromatic heterocycles. The summed E-state index contributed by atoms with van der Waals surface area (Å²) >= 11 is 0. The topological polar surface area (TPSA) is 93.1 Å². The van der Waals surface area contributed by atoms with Crippen molar-refractivity contribution in [3.05, 3.63) is 77.6 Å². The molecule has 0 fully saturated rings. The normalized spacial score (nSPS) is 11.0. The van der Waals surface area contributed by atoms with Crippen LogP contribution in [0.5, 0.6) is 28.7 Å². The highest BCUT2D eigenvalue weighted by molar-refractivity contribution is 5.95. The number of benzene rings is 3. The molecular weight excluding hydrogens is 522 g/mol. The van der Waals surface area contributed by atoms with Crippen molar-refractivity contribution >= 4 is 23.0 Å². The quantitative estimate of drug-likeness (QED) is 0.203. The molecule has 0 atom stereocenters. The van der Waals surface area contributed by atoms with E-state index in [2.05, 4.69) is 16.0 Å². The Morgan fingerprint density at radius 2 is 1.63 bits per heavy atom. The van der Waals surface area contributed by atoms with Gasteiger partial charge in [-0.3, -0.25) is 4.79 Å². The zero-order chi connectivity index (χ0) is 29.2. The third-order valence-corrected chi connectivity index (χ3v) is 6.63. The number of methoxy groups -OCH3 is 4. The lowest BCUT2D eigenvalue weighted by molar-refractivity contribution is 0.0953. The van der Waals surface area contributed by atoms with Gasteiger partial charge in [0.2, 0.25) is 5.75 Å². The number of carbonyl (C=O) groups is 1.